The molecule has 2 aromatic carbocycles. The molecular formula is C20H15N3O5. The Morgan fingerprint density at radius 3 is 2.29 bits per heavy atom. The average molecular weight is 377 g/mol. The Bertz CT molecular complexity index is 1120. The van der Waals surface area contributed by atoms with Crippen LogP contribution in [0.1, 0.15) is 0 Å². The van der Waals surface area contributed by atoms with Crippen LogP contribution in [0.5, 0.6) is 0 Å². The number of carbonyl (C=O) groups is 3. The maximum Gasteiger partial charge on any atom is 0.277 e. The molecule has 2 saturated heterocycles. The number of carbonyl (C=O) groups excluding carboxylic acids is 3. The second-order valence-corrected chi connectivity index (χ2v) is 7.32. The van der Waals surface area contributed by atoms with Crippen LogP contribution >= 0.6 is 0 Å². The number of non-ortho nitro benzene ring substituents is 1. The number of benzene rings is 2. The maximum absolute atomic E-state index is 13.3. The van der Waals surface area contributed by atoms with Crippen LogP contribution in [-0.4, -0.2) is 40.6 Å². The predicted octanol–water partition coefficient (Wildman–Crippen LogP) is 1.88. The third-order valence-corrected chi connectivity index (χ3v) is 6.06. The van der Waals surface area contributed by atoms with Crippen molar-refractivity contribution in [1.82, 2.24) is 4.90 Å². The summed E-state index contributed by atoms with van der Waals surface area (Å²) in [6, 6.07) is 8.93. The molecule has 28 heavy (non-hydrogen) atoms. The van der Waals surface area contributed by atoms with Crippen molar-refractivity contribution in [2.75, 3.05) is 11.9 Å². The molecule has 2 bridgehead atoms. The Balaban J connectivity index is 1.67. The molecule has 4 atom stereocenters. The average Bonchev–Trinajstić information content (AvgIpc) is 2.96. The van der Waals surface area contributed by atoms with E-state index in [1.54, 1.807) is 37.4 Å². The van der Waals surface area contributed by atoms with E-state index in [2.05, 4.69) is 0 Å². The molecule has 2 aromatic rings. The van der Waals surface area contributed by atoms with Gasteiger partial charge in [0.15, 0.2) is 0 Å². The number of piperidine rings is 1. The molecule has 0 spiro atoms. The summed E-state index contributed by atoms with van der Waals surface area (Å²) in [6.07, 6.45) is 3.53. The first kappa shape index (κ1) is 16.6. The molecule has 3 aliphatic heterocycles. The lowest BCUT2D eigenvalue weighted by atomic mass is 9.70. The van der Waals surface area contributed by atoms with Crippen LogP contribution in [0.4, 0.5) is 11.4 Å². The third-order valence-electron chi connectivity index (χ3n) is 6.06. The summed E-state index contributed by atoms with van der Waals surface area (Å²) >= 11 is 0. The van der Waals surface area contributed by atoms with E-state index in [-0.39, 0.29) is 17.5 Å². The number of anilines is 1. The summed E-state index contributed by atoms with van der Waals surface area (Å²) in [5.74, 6) is -2.95. The van der Waals surface area contributed by atoms with Crippen molar-refractivity contribution in [2.45, 2.75) is 6.04 Å². The highest BCUT2D eigenvalue weighted by molar-refractivity contribution is 6.27. The smallest absolute Gasteiger partial charge is 0.277 e. The number of fused-ring (bicyclic) bond motifs is 2. The number of hydrogen-bond acceptors (Lipinski definition) is 5. The number of nitro groups is 1. The first-order valence-electron chi connectivity index (χ1n) is 8.91. The SMILES string of the molecule is CN1C(=O)C2C=CC1[C@@H]1C(=O)N(c3ccc([N+](=O)[O-])c4ccccc34)C(=O)[C@H]21. The van der Waals surface area contributed by atoms with Crippen molar-refractivity contribution >= 4 is 39.9 Å². The van der Waals surface area contributed by atoms with Crippen LogP contribution in [0.2, 0.25) is 0 Å². The Morgan fingerprint density at radius 1 is 0.893 bits per heavy atom. The lowest BCUT2D eigenvalue weighted by molar-refractivity contribution is -0.383. The predicted molar refractivity (Wildman–Crippen MR) is 99.3 cm³/mol. The highest BCUT2D eigenvalue weighted by Crippen LogP contribution is 2.47. The van der Waals surface area contributed by atoms with E-state index in [1.165, 1.54) is 17.0 Å². The first-order chi connectivity index (χ1) is 13.4. The van der Waals surface area contributed by atoms with Crippen LogP contribution in [0.15, 0.2) is 48.6 Å². The number of imide groups is 1. The number of nitro benzene ring substituents is 1. The Morgan fingerprint density at radius 2 is 1.57 bits per heavy atom. The molecule has 1 aliphatic carbocycles. The molecule has 0 radical (unpaired) electrons. The number of hydrogen-bond donors (Lipinski definition) is 0. The fraction of sp³-hybridized carbons (Fsp3) is 0.250. The van der Waals surface area contributed by atoms with Crippen molar-refractivity contribution in [3.8, 4) is 0 Å². The highest BCUT2D eigenvalue weighted by atomic mass is 16.6. The zero-order chi connectivity index (χ0) is 19.7. The van der Waals surface area contributed by atoms with E-state index in [1.807, 2.05) is 6.08 Å². The van der Waals surface area contributed by atoms with E-state index in [0.29, 0.717) is 16.5 Å². The second-order valence-electron chi connectivity index (χ2n) is 7.32. The molecule has 2 fully saturated rings. The van der Waals surface area contributed by atoms with Gasteiger partial charge in [-0.2, -0.15) is 0 Å². The number of nitrogens with zero attached hydrogens (tertiary/aromatic N) is 3. The minimum Gasteiger partial charge on any atom is -0.338 e. The monoisotopic (exact) mass is 377 g/mol. The third kappa shape index (κ3) is 1.91. The van der Waals surface area contributed by atoms with E-state index in [4.69, 9.17) is 0 Å². The van der Waals surface area contributed by atoms with Gasteiger partial charge in [-0.15, -0.1) is 0 Å². The second kappa shape index (κ2) is 5.48. The molecule has 3 heterocycles. The number of amides is 3. The van der Waals surface area contributed by atoms with Crippen molar-refractivity contribution in [3.63, 3.8) is 0 Å². The quantitative estimate of drug-likeness (QED) is 0.344. The van der Waals surface area contributed by atoms with E-state index in [9.17, 15) is 24.5 Å². The lowest BCUT2D eigenvalue weighted by Crippen LogP contribution is -2.57. The van der Waals surface area contributed by atoms with Gasteiger partial charge in [-0.05, 0) is 12.1 Å². The molecule has 8 heteroatoms. The van der Waals surface area contributed by atoms with E-state index in [0.717, 1.165) is 4.90 Å². The van der Waals surface area contributed by atoms with Gasteiger partial charge in [-0.1, -0.05) is 30.4 Å². The molecule has 140 valence electrons. The fourth-order valence-electron chi connectivity index (χ4n) is 4.77. The fourth-order valence-corrected chi connectivity index (χ4v) is 4.77. The van der Waals surface area contributed by atoms with Crippen LogP contribution in [0, 0.1) is 27.9 Å². The molecule has 2 unspecified atom stereocenters. The van der Waals surface area contributed by atoms with Crippen LogP contribution in [-0.2, 0) is 14.4 Å². The molecule has 4 aliphatic rings. The highest BCUT2D eigenvalue weighted by Gasteiger charge is 2.61. The molecule has 6 rings (SSSR count). The zero-order valence-electron chi connectivity index (χ0n) is 14.8. The van der Waals surface area contributed by atoms with Gasteiger partial charge in [-0.3, -0.25) is 24.5 Å². The van der Waals surface area contributed by atoms with Gasteiger partial charge in [0.25, 0.3) is 5.69 Å². The number of likely N-dealkylation sites (N-methyl/N-ethyl adjacent to an activating group) is 1. The summed E-state index contributed by atoms with van der Waals surface area (Å²) in [6.45, 7) is 0. The van der Waals surface area contributed by atoms with E-state index < -0.39 is 34.6 Å². The van der Waals surface area contributed by atoms with Crippen LogP contribution in [0.25, 0.3) is 10.8 Å². The van der Waals surface area contributed by atoms with Crippen molar-refractivity contribution < 1.29 is 19.3 Å². The summed E-state index contributed by atoms with van der Waals surface area (Å²) in [5, 5.41) is 12.2. The van der Waals surface area contributed by atoms with Gasteiger partial charge in [0.05, 0.1) is 39.8 Å². The summed E-state index contributed by atoms with van der Waals surface area (Å²) < 4.78 is 0. The maximum atomic E-state index is 13.3. The van der Waals surface area contributed by atoms with Gasteiger partial charge >= 0.3 is 0 Å². The van der Waals surface area contributed by atoms with Gasteiger partial charge in [0, 0.05) is 18.5 Å². The van der Waals surface area contributed by atoms with Crippen molar-refractivity contribution in [3.05, 3.63) is 58.7 Å². The standard InChI is InChI=1S/C20H15N3O5/c1-21-15-7-6-12(18(21)24)16-17(15)20(26)22(19(16)25)13-8-9-14(23(27)28)11-5-3-2-4-10(11)13/h2-9,12,15-17H,1H3/t12?,15?,16-,17+/m1/s1. The summed E-state index contributed by atoms with van der Waals surface area (Å²) in [5.41, 5.74) is 0.229. The molecule has 0 N–H and O–H groups in total. The topological polar surface area (TPSA) is 101 Å². The summed E-state index contributed by atoms with van der Waals surface area (Å²) in [7, 11) is 1.64. The van der Waals surface area contributed by atoms with Crippen LogP contribution < -0.4 is 4.90 Å². The van der Waals surface area contributed by atoms with Crippen molar-refractivity contribution in [1.29, 1.82) is 0 Å². The Hall–Kier alpha value is -3.55. The summed E-state index contributed by atoms with van der Waals surface area (Å²) in [4.78, 5) is 52.5. The molecule has 0 saturated carbocycles. The molecular weight excluding hydrogens is 362 g/mol. The normalized spacial score (nSPS) is 28.4. The largest absolute Gasteiger partial charge is 0.338 e. The molecule has 8 nitrogen and oxygen atoms in total. The lowest BCUT2D eigenvalue weighted by Gasteiger charge is -2.44. The van der Waals surface area contributed by atoms with Gasteiger partial charge in [0.2, 0.25) is 17.7 Å². The van der Waals surface area contributed by atoms with Gasteiger partial charge in [0.1, 0.15) is 0 Å². The van der Waals surface area contributed by atoms with Gasteiger partial charge < -0.3 is 4.90 Å². The Labute approximate surface area is 159 Å². The molecule has 3 amide bonds. The zero-order valence-corrected chi connectivity index (χ0v) is 14.8. The van der Waals surface area contributed by atoms with E-state index >= 15 is 0 Å². The number of rotatable bonds is 2. The first-order valence-corrected chi connectivity index (χ1v) is 8.91. The van der Waals surface area contributed by atoms with Crippen molar-refractivity contribution in [2.24, 2.45) is 17.8 Å². The Kier molecular flexibility index (Phi) is 3.25. The molecule has 0 aromatic heterocycles. The minimum absolute atomic E-state index is 0.0903. The van der Waals surface area contributed by atoms with Gasteiger partial charge in [-0.25, -0.2) is 4.90 Å². The minimum atomic E-state index is -0.722. The van der Waals surface area contributed by atoms with Crippen LogP contribution in [0.3, 0.4) is 0 Å².